The summed E-state index contributed by atoms with van der Waals surface area (Å²) in [6, 6.07) is 3.83. The van der Waals surface area contributed by atoms with E-state index < -0.39 is 53.8 Å². The van der Waals surface area contributed by atoms with E-state index in [1.54, 1.807) is 6.07 Å². The topological polar surface area (TPSA) is 137 Å². The first-order valence-electron chi connectivity index (χ1n) is 9.65. The molecule has 1 aliphatic heterocycles. The lowest BCUT2D eigenvalue weighted by atomic mass is 9.97. The van der Waals surface area contributed by atoms with Crippen LogP contribution >= 0.6 is 27.7 Å². The van der Waals surface area contributed by atoms with Gasteiger partial charge < -0.3 is 20.1 Å². The summed E-state index contributed by atoms with van der Waals surface area (Å²) in [4.78, 5) is 4.13. The predicted molar refractivity (Wildman–Crippen MR) is 115 cm³/mol. The number of halogens is 4. The molecule has 1 aliphatic rings. The molecule has 0 spiro atoms. The van der Waals surface area contributed by atoms with Crippen molar-refractivity contribution in [2.24, 2.45) is 0 Å². The van der Waals surface area contributed by atoms with Crippen molar-refractivity contribution in [1.29, 1.82) is 5.26 Å². The molecule has 1 saturated heterocycles. The standard InChI is InChI=1S/C20H15BrF3N5O4S/c21-10-3-15(26-5-9(10)4-25)34-20-19(32)17(18(31)14(7-30)33-20)29-6-13(27-28-29)8-1-11(22)16(24)12(23)2-8/h1-3,5-6,14,17-20,30-32H,7H2/t14?,17?,18-,19?,20+/m0/s1. The van der Waals surface area contributed by atoms with Crippen molar-refractivity contribution in [1.82, 2.24) is 20.0 Å². The zero-order valence-electron chi connectivity index (χ0n) is 16.9. The minimum Gasteiger partial charge on any atom is -0.394 e. The fourth-order valence-electron chi connectivity index (χ4n) is 3.41. The van der Waals surface area contributed by atoms with E-state index in [2.05, 4.69) is 31.2 Å². The fraction of sp³-hybridized carbons (Fsp3) is 0.300. The van der Waals surface area contributed by atoms with Crippen LogP contribution in [-0.2, 0) is 4.74 Å². The Bertz CT molecular complexity index is 1240. The third kappa shape index (κ3) is 4.67. The maximum Gasteiger partial charge on any atom is 0.194 e. The van der Waals surface area contributed by atoms with Crippen molar-refractivity contribution < 1.29 is 33.2 Å². The molecule has 3 heterocycles. The van der Waals surface area contributed by atoms with Gasteiger partial charge in [-0.05, 0) is 34.1 Å². The Labute approximate surface area is 202 Å². The molecule has 9 nitrogen and oxygen atoms in total. The molecule has 3 unspecified atom stereocenters. The van der Waals surface area contributed by atoms with Crippen LogP contribution in [0.4, 0.5) is 13.2 Å². The van der Waals surface area contributed by atoms with Crippen molar-refractivity contribution in [3.63, 3.8) is 0 Å². The van der Waals surface area contributed by atoms with Crippen LogP contribution in [0.5, 0.6) is 0 Å². The van der Waals surface area contributed by atoms with Crippen LogP contribution in [0.3, 0.4) is 0 Å². The molecule has 0 bridgehead atoms. The van der Waals surface area contributed by atoms with Gasteiger partial charge in [0.05, 0.1) is 23.4 Å². The Hall–Kier alpha value is -2.54. The van der Waals surface area contributed by atoms with Gasteiger partial charge in [0.2, 0.25) is 0 Å². The van der Waals surface area contributed by atoms with Crippen molar-refractivity contribution in [3.8, 4) is 17.3 Å². The van der Waals surface area contributed by atoms with Gasteiger partial charge in [0.15, 0.2) is 17.5 Å². The van der Waals surface area contributed by atoms with Gasteiger partial charge >= 0.3 is 0 Å². The quantitative estimate of drug-likeness (QED) is 0.403. The van der Waals surface area contributed by atoms with Crippen LogP contribution in [0.1, 0.15) is 11.6 Å². The van der Waals surface area contributed by atoms with E-state index in [0.29, 0.717) is 15.1 Å². The molecule has 0 radical (unpaired) electrons. The van der Waals surface area contributed by atoms with Crippen molar-refractivity contribution in [2.75, 3.05) is 6.61 Å². The smallest absolute Gasteiger partial charge is 0.194 e. The van der Waals surface area contributed by atoms with Crippen LogP contribution in [0, 0.1) is 28.8 Å². The summed E-state index contributed by atoms with van der Waals surface area (Å²) in [5.41, 5.74) is -0.855. The fourth-order valence-corrected chi connectivity index (χ4v) is 5.01. The Morgan fingerprint density at radius 1 is 1.18 bits per heavy atom. The number of hydrogen-bond acceptors (Lipinski definition) is 9. The lowest BCUT2D eigenvalue weighted by Gasteiger charge is -2.41. The molecule has 0 aliphatic carbocycles. The van der Waals surface area contributed by atoms with E-state index in [-0.39, 0.29) is 11.3 Å². The van der Waals surface area contributed by atoms with Crippen LogP contribution in [-0.4, -0.2) is 65.7 Å². The van der Waals surface area contributed by atoms with Crippen LogP contribution < -0.4 is 0 Å². The highest BCUT2D eigenvalue weighted by Gasteiger charge is 2.46. The second-order valence-electron chi connectivity index (χ2n) is 7.27. The Balaban J connectivity index is 1.63. The monoisotopic (exact) mass is 557 g/mol. The number of nitriles is 1. The van der Waals surface area contributed by atoms with Crippen molar-refractivity contribution in [3.05, 3.63) is 58.1 Å². The third-order valence-corrected chi connectivity index (χ3v) is 6.87. The summed E-state index contributed by atoms with van der Waals surface area (Å²) in [5.74, 6) is -4.44. The third-order valence-electron chi connectivity index (χ3n) is 5.13. The molecule has 0 saturated carbocycles. The van der Waals surface area contributed by atoms with Gasteiger partial charge in [0, 0.05) is 16.2 Å². The van der Waals surface area contributed by atoms with Gasteiger partial charge in [-0.3, -0.25) is 0 Å². The molecule has 0 amide bonds. The number of rotatable bonds is 5. The molecule has 2 aromatic heterocycles. The Kier molecular flexibility index (Phi) is 7.22. The maximum absolute atomic E-state index is 13.6. The number of ether oxygens (including phenoxy) is 1. The number of thioether (sulfide) groups is 1. The summed E-state index contributed by atoms with van der Waals surface area (Å²) < 4.78 is 47.7. The lowest BCUT2D eigenvalue weighted by molar-refractivity contribution is -0.178. The van der Waals surface area contributed by atoms with Crippen molar-refractivity contribution >= 4 is 27.7 Å². The molecule has 1 aromatic carbocycles. The normalized spacial score (nSPS) is 24.7. The van der Waals surface area contributed by atoms with Crippen LogP contribution in [0.25, 0.3) is 11.3 Å². The molecular formula is C20H15BrF3N5O4S. The van der Waals surface area contributed by atoms with Crippen LogP contribution in [0.15, 0.2) is 40.1 Å². The first kappa shape index (κ1) is 24.6. The molecule has 14 heteroatoms. The van der Waals surface area contributed by atoms with Gasteiger partial charge in [-0.15, -0.1) is 5.10 Å². The highest BCUT2D eigenvalue weighted by molar-refractivity contribution is 9.10. The number of pyridine rings is 1. The van der Waals surface area contributed by atoms with Gasteiger partial charge in [0.25, 0.3) is 0 Å². The molecule has 5 atom stereocenters. The summed E-state index contributed by atoms with van der Waals surface area (Å²) in [7, 11) is 0. The zero-order valence-corrected chi connectivity index (χ0v) is 19.3. The van der Waals surface area contributed by atoms with Gasteiger partial charge in [-0.2, -0.15) is 5.26 Å². The maximum atomic E-state index is 13.6. The van der Waals surface area contributed by atoms with E-state index in [4.69, 9.17) is 10.00 Å². The average molecular weight is 558 g/mol. The summed E-state index contributed by atoms with van der Waals surface area (Å²) in [6.45, 7) is -0.581. The second kappa shape index (κ2) is 9.98. The van der Waals surface area contributed by atoms with Gasteiger partial charge in [0.1, 0.15) is 41.6 Å². The Morgan fingerprint density at radius 2 is 1.88 bits per heavy atom. The minimum atomic E-state index is -1.62. The highest BCUT2D eigenvalue weighted by atomic mass is 79.9. The minimum absolute atomic E-state index is 0.0360. The molecular weight excluding hydrogens is 543 g/mol. The summed E-state index contributed by atoms with van der Waals surface area (Å²) >= 11 is 4.24. The van der Waals surface area contributed by atoms with E-state index in [0.717, 1.165) is 28.6 Å². The molecule has 3 N–H and O–H groups in total. The number of aliphatic hydroxyl groups excluding tert-OH is 3. The predicted octanol–water partition coefficient (Wildman–Crippen LogP) is 2.16. The zero-order chi connectivity index (χ0) is 24.6. The first-order valence-corrected chi connectivity index (χ1v) is 11.3. The molecule has 34 heavy (non-hydrogen) atoms. The number of hydrogen-bond donors (Lipinski definition) is 3. The van der Waals surface area contributed by atoms with E-state index >= 15 is 0 Å². The van der Waals surface area contributed by atoms with Crippen LogP contribution in [0.2, 0.25) is 0 Å². The molecule has 1 fully saturated rings. The number of aliphatic hydroxyl groups is 3. The van der Waals surface area contributed by atoms with E-state index in [1.807, 2.05) is 6.07 Å². The summed E-state index contributed by atoms with van der Waals surface area (Å²) in [5, 5.41) is 48.4. The van der Waals surface area contributed by atoms with Crippen molar-refractivity contribution in [2.45, 2.75) is 34.8 Å². The molecule has 178 valence electrons. The average Bonchev–Trinajstić information content (AvgIpc) is 3.29. The van der Waals surface area contributed by atoms with Gasteiger partial charge in [-0.1, -0.05) is 17.0 Å². The SMILES string of the molecule is N#Cc1cnc(S[C@H]2OC(CO)[C@H](O)C(n3cc(-c4cc(F)c(F)c(F)c4)nn3)C2O)cc1Br. The largest absolute Gasteiger partial charge is 0.394 e. The Morgan fingerprint density at radius 3 is 2.50 bits per heavy atom. The number of benzene rings is 1. The second-order valence-corrected chi connectivity index (χ2v) is 9.24. The highest BCUT2D eigenvalue weighted by Crippen LogP contribution is 2.38. The molecule has 3 aromatic rings. The molecule has 4 rings (SSSR count). The summed E-state index contributed by atoms with van der Waals surface area (Å²) in [6.07, 6.45) is -1.37. The lowest BCUT2D eigenvalue weighted by Crippen LogP contribution is -2.55. The van der Waals surface area contributed by atoms with Gasteiger partial charge in [-0.25, -0.2) is 22.8 Å². The number of aromatic nitrogens is 4. The van der Waals surface area contributed by atoms with E-state index in [1.165, 1.54) is 12.4 Å². The first-order chi connectivity index (χ1) is 16.2. The number of nitrogens with zero attached hydrogens (tertiary/aromatic N) is 5. The van der Waals surface area contributed by atoms with E-state index in [9.17, 15) is 28.5 Å².